The van der Waals surface area contributed by atoms with Gasteiger partial charge in [-0.15, -0.1) is 0 Å². The molecule has 0 aliphatic heterocycles. The smallest absolute Gasteiger partial charge is 0.152 e. The molecule has 3 rings (SSSR count). The van der Waals surface area contributed by atoms with Gasteiger partial charge < -0.3 is 10.1 Å². The third kappa shape index (κ3) is 3.09. The zero-order valence-electron chi connectivity index (χ0n) is 11.6. The molecule has 4 heteroatoms. The summed E-state index contributed by atoms with van der Waals surface area (Å²) in [7, 11) is 1.68. The molecule has 21 heavy (non-hydrogen) atoms. The van der Waals surface area contributed by atoms with Crippen LogP contribution in [0.25, 0.3) is 10.8 Å². The summed E-state index contributed by atoms with van der Waals surface area (Å²) in [6, 6.07) is 16.2. The Hall–Kier alpha value is -2.26. The van der Waals surface area contributed by atoms with Crippen LogP contribution in [0.4, 0.5) is 5.69 Å². The van der Waals surface area contributed by atoms with Crippen LogP contribution in [-0.4, -0.2) is 12.1 Å². The first-order chi connectivity index (χ1) is 10.3. The summed E-state index contributed by atoms with van der Waals surface area (Å²) >= 11 is 6.03. The van der Waals surface area contributed by atoms with Crippen LogP contribution in [0, 0.1) is 0 Å². The number of halogens is 1. The second-order valence-corrected chi connectivity index (χ2v) is 5.10. The normalized spacial score (nSPS) is 10.6. The lowest BCUT2D eigenvalue weighted by molar-refractivity contribution is 0.415. The Balaban J connectivity index is 1.80. The van der Waals surface area contributed by atoms with Crippen molar-refractivity contribution in [2.45, 2.75) is 6.54 Å². The second kappa shape index (κ2) is 6.02. The lowest BCUT2D eigenvalue weighted by Crippen LogP contribution is -2.00. The molecule has 0 saturated carbocycles. The van der Waals surface area contributed by atoms with Crippen molar-refractivity contribution in [3.8, 4) is 5.75 Å². The molecule has 0 spiro atoms. The van der Waals surface area contributed by atoms with E-state index in [1.165, 1.54) is 10.9 Å². The number of hydrogen-bond acceptors (Lipinski definition) is 3. The van der Waals surface area contributed by atoms with Gasteiger partial charge in [-0.05, 0) is 46.7 Å². The quantitative estimate of drug-likeness (QED) is 0.720. The Labute approximate surface area is 128 Å². The Bertz CT molecular complexity index is 774. The standard InChI is InChI=1S/C17H15ClN2O/c1-21-15-7-6-13-9-12(4-5-14(13)10-15)11-20-16-3-2-8-19-17(16)18/h2-10,20H,11H2,1H3. The summed E-state index contributed by atoms with van der Waals surface area (Å²) < 4.78 is 5.24. The molecule has 0 fully saturated rings. The van der Waals surface area contributed by atoms with E-state index >= 15 is 0 Å². The molecule has 2 aromatic carbocycles. The van der Waals surface area contributed by atoms with Gasteiger partial charge in [0.25, 0.3) is 0 Å². The van der Waals surface area contributed by atoms with E-state index in [-0.39, 0.29) is 0 Å². The first kappa shape index (κ1) is 13.7. The highest BCUT2D eigenvalue weighted by molar-refractivity contribution is 6.31. The van der Waals surface area contributed by atoms with Gasteiger partial charge in [0.15, 0.2) is 5.15 Å². The summed E-state index contributed by atoms with van der Waals surface area (Å²) in [6.45, 7) is 0.702. The number of rotatable bonds is 4. The Morgan fingerprint density at radius 3 is 2.71 bits per heavy atom. The first-order valence-corrected chi connectivity index (χ1v) is 7.05. The first-order valence-electron chi connectivity index (χ1n) is 6.67. The van der Waals surface area contributed by atoms with Crippen molar-refractivity contribution in [3.05, 3.63) is 65.4 Å². The van der Waals surface area contributed by atoms with Crippen LogP contribution >= 0.6 is 11.6 Å². The van der Waals surface area contributed by atoms with Gasteiger partial charge in [0.05, 0.1) is 12.8 Å². The van der Waals surface area contributed by atoms with Crippen molar-refractivity contribution in [3.63, 3.8) is 0 Å². The topological polar surface area (TPSA) is 34.1 Å². The molecule has 0 aliphatic rings. The van der Waals surface area contributed by atoms with E-state index in [1.54, 1.807) is 13.3 Å². The number of anilines is 1. The number of methoxy groups -OCH3 is 1. The summed E-state index contributed by atoms with van der Waals surface area (Å²) in [5.74, 6) is 0.871. The number of hydrogen-bond donors (Lipinski definition) is 1. The number of nitrogens with one attached hydrogen (secondary N) is 1. The fourth-order valence-corrected chi connectivity index (χ4v) is 2.41. The van der Waals surface area contributed by atoms with Crippen molar-refractivity contribution in [2.24, 2.45) is 0 Å². The maximum Gasteiger partial charge on any atom is 0.152 e. The van der Waals surface area contributed by atoms with Crippen molar-refractivity contribution in [2.75, 3.05) is 12.4 Å². The Kier molecular flexibility index (Phi) is 3.93. The predicted molar refractivity (Wildman–Crippen MR) is 87.1 cm³/mol. The van der Waals surface area contributed by atoms with Crippen LogP contribution in [0.15, 0.2) is 54.7 Å². The van der Waals surface area contributed by atoms with E-state index in [0.29, 0.717) is 11.7 Å². The van der Waals surface area contributed by atoms with Gasteiger partial charge in [-0.25, -0.2) is 4.98 Å². The molecule has 1 aromatic heterocycles. The number of ether oxygens (including phenoxy) is 1. The van der Waals surface area contributed by atoms with E-state index in [1.807, 2.05) is 24.3 Å². The number of aromatic nitrogens is 1. The van der Waals surface area contributed by atoms with E-state index < -0.39 is 0 Å². The number of fused-ring (bicyclic) bond motifs is 1. The molecule has 0 atom stereocenters. The molecule has 0 saturated heterocycles. The zero-order valence-corrected chi connectivity index (χ0v) is 12.4. The molecule has 106 valence electrons. The number of benzene rings is 2. The maximum absolute atomic E-state index is 6.03. The van der Waals surface area contributed by atoms with Crippen LogP contribution in [0.5, 0.6) is 5.75 Å². The summed E-state index contributed by atoms with van der Waals surface area (Å²) in [6.07, 6.45) is 1.68. The largest absolute Gasteiger partial charge is 0.497 e. The van der Waals surface area contributed by atoms with Gasteiger partial charge >= 0.3 is 0 Å². The Morgan fingerprint density at radius 1 is 1.10 bits per heavy atom. The van der Waals surface area contributed by atoms with Crippen molar-refractivity contribution < 1.29 is 4.74 Å². The SMILES string of the molecule is COc1ccc2cc(CNc3cccnc3Cl)ccc2c1. The minimum atomic E-state index is 0.489. The van der Waals surface area contributed by atoms with Crippen molar-refractivity contribution in [1.82, 2.24) is 4.98 Å². The van der Waals surface area contributed by atoms with Gasteiger partial charge in [0, 0.05) is 12.7 Å². The highest BCUT2D eigenvalue weighted by atomic mass is 35.5. The van der Waals surface area contributed by atoms with Crippen LogP contribution in [-0.2, 0) is 6.54 Å². The van der Waals surface area contributed by atoms with E-state index in [0.717, 1.165) is 16.8 Å². The van der Waals surface area contributed by atoms with Gasteiger partial charge in [-0.2, -0.15) is 0 Å². The molecule has 0 aliphatic carbocycles. The third-order valence-electron chi connectivity index (χ3n) is 3.35. The lowest BCUT2D eigenvalue weighted by atomic mass is 10.1. The molecule has 3 nitrogen and oxygen atoms in total. The monoisotopic (exact) mass is 298 g/mol. The molecule has 1 heterocycles. The minimum absolute atomic E-state index is 0.489. The van der Waals surface area contributed by atoms with Gasteiger partial charge in [-0.3, -0.25) is 0 Å². The molecule has 3 aromatic rings. The van der Waals surface area contributed by atoms with Gasteiger partial charge in [0.2, 0.25) is 0 Å². The zero-order chi connectivity index (χ0) is 14.7. The van der Waals surface area contributed by atoms with Crippen molar-refractivity contribution >= 4 is 28.1 Å². The van der Waals surface area contributed by atoms with Gasteiger partial charge in [0.1, 0.15) is 5.75 Å². The summed E-state index contributed by atoms with van der Waals surface area (Å²) in [5.41, 5.74) is 2.03. The van der Waals surface area contributed by atoms with E-state index in [2.05, 4.69) is 34.6 Å². The summed E-state index contributed by atoms with van der Waals surface area (Å²) in [4.78, 5) is 4.05. The maximum atomic E-state index is 6.03. The fraction of sp³-hybridized carbons (Fsp3) is 0.118. The fourth-order valence-electron chi connectivity index (χ4n) is 2.23. The molecule has 0 bridgehead atoms. The van der Waals surface area contributed by atoms with E-state index in [4.69, 9.17) is 16.3 Å². The van der Waals surface area contributed by atoms with Crippen molar-refractivity contribution in [1.29, 1.82) is 0 Å². The molecular formula is C17H15ClN2O. The Morgan fingerprint density at radius 2 is 1.90 bits per heavy atom. The molecule has 0 amide bonds. The molecule has 0 unspecified atom stereocenters. The predicted octanol–water partition coefficient (Wildman–Crippen LogP) is 4.51. The highest BCUT2D eigenvalue weighted by Crippen LogP contribution is 2.23. The number of pyridine rings is 1. The second-order valence-electron chi connectivity index (χ2n) is 4.74. The molecule has 0 radical (unpaired) electrons. The average molecular weight is 299 g/mol. The molecular weight excluding hydrogens is 284 g/mol. The minimum Gasteiger partial charge on any atom is -0.497 e. The van der Waals surface area contributed by atoms with Gasteiger partial charge in [-0.1, -0.05) is 29.8 Å². The third-order valence-corrected chi connectivity index (χ3v) is 3.66. The lowest BCUT2D eigenvalue weighted by Gasteiger charge is -2.09. The van der Waals surface area contributed by atoms with Crippen LogP contribution in [0.3, 0.4) is 0 Å². The van der Waals surface area contributed by atoms with Crippen LogP contribution in [0.1, 0.15) is 5.56 Å². The number of nitrogens with zero attached hydrogens (tertiary/aromatic N) is 1. The average Bonchev–Trinajstić information content (AvgIpc) is 2.53. The van der Waals surface area contributed by atoms with Crippen LogP contribution in [0.2, 0.25) is 5.15 Å². The molecule has 1 N–H and O–H groups in total. The van der Waals surface area contributed by atoms with E-state index in [9.17, 15) is 0 Å². The summed E-state index contributed by atoms with van der Waals surface area (Å²) in [5, 5.41) is 6.14. The highest BCUT2D eigenvalue weighted by Gasteiger charge is 2.02. The van der Waals surface area contributed by atoms with Crippen LogP contribution < -0.4 is 10.1 Å².